The van der Waals surface area contributed by atoms with Crippen molar-refractivity contribution in [2.24, 2.45) is 0 Å². The number of carbonyl (C=O) groups excluding carboxylic acids is 2. The van der Waals surface area contributed by atoms with Gasteiger partial charge in [0.1, 0.15) is 11.7 Å². The van der Waals surface area contributed by atoms with Crippen LogP contribution in [0.4, 0.5) is 21.0 Å². The van der Waals surface area contributed by atoms with Crippen LogP contribution < -0.4 is 10.6 Å². The van der Waals surface area contributed by atoms with Crippen LogP contribution >= 0.6 is 22.9 Å². The minimum atomic E-state index is -0.820. The molecule has 5 rings (SSSR count). The minimum absolute atomic E-state index is 0.458. The second kappa shape index (κ2) is 12.3. The Balaban J connectivity index is 1.45. The highest BCUT2D eigenvalue weighted by atomic mass is 35.5. The van der Waals surface area contributed by atoms with Crippen molar-refractivity contribution in [1.82, 2.24) is 0 Å². The molecule has 10 heteroatoms. The van der Waals surface area contributed by atoms with Crippen molar-refractivity contribution in [3.8, 4) is 21.6 Å². The van der Waals surface area contributed by atoms with Gasteiger partial charge in [-0.1, -0.05) is 78.3 Å². The van der Waals surface area contributed by atoms with Gasteiger partial charge < -0.3 is 14.6 Å². The number of ether oxygens (including phenoxy) is 2. The zero-order chi connectivity index (χ0) is 31.6. The van der Waals surface area contributed by atoms with Crippen LogP contribution in [-0.2, 0) is 19.7 Å². The zero-order valence-corrected chi connectivity index (χ0v) is 26.3. The molecule has 1 aromatic heterocycles. The highest BCUT2D eigenvalue weighted by Crippen LogP contribution is 2.49. The molecule has 1 aliphatic carbocycles. The van der Waals surface area contributed by atoms with Crippen molar-refractivity contribution >= 4 is 52.5 Å². The zero-order valence-electron chi connectivity index (χ0n) is 24.8. The second-order valence-electron chi connectivity index (χ2n) is 11.7. The van der Waals surface area contributed by atoms with Crippen molar-refractivity contribution < 1.29 is 29.0 Å². The van der Waals surface area contributed by atoms with Crippen LogP contribution in [0.1, 0.15) is 57.8 Å². The average Bonchev–Trinajstić information content (AvgIpc) is 3.70. The molecule has 8 nitrogen and oxygen atoms in total. The lowest BCUT2D eigenvalue weighted by Gasteiger charge is -2.21. The number of hydrogen-bond acceptors (Lipinski definition) is 6. The summed E-state index contributed by atoms with van der Waals surface area (Å²) in [6, 6.07) is 23.9. The molecular formula is C34H33ClN2O6S. The van der Waals surface area contributed by atoms with Gasteiger partial charge in [-0.3, -0.25) is 15.4 Å². The molecule has 1 unspecified atom stereocenters. The first-order valence-corrected chi connectivity index (χ1v) is 15.3. The topological polar surface area (TPSA) is 114 Å². The predicted octanol–water partition coefficient (Wildman–Crippen LogP) is 9.51. The maximum Gasteiger partial charge on any atom is 0.412 e. The smallest absolute Gasteiger partial charge is 0.412 e. The fourth-order valence-corrected chi connectivity index (χ4v) is 6.11. The Bertz CT molecular complexity index is 1690. The number of thiophene rings is 1. The van der Waals surface area contributed by atoms with Gasteiger partial charge in [-0.25, -0.2) is 9.59 Å². The first-order valence-electron chi connectivity index (χ1n) is 14.2. The molecule has 1 atom stereocenters. The molecule has 3 N–H and O–H groups in total. The fraction of sp³-hybridized carbons (Fsp3) is 0.265. The first kappa shape index (κ1) is 31.1. The van der Waals surface area contributed by atoms with E-state index in [0.717, 1.165) is 16.7 Å². The SMILES string of the molecule is CC(OC(=O)Nc1cc(Cl)sc1-c1ccc(-c2ccc(C3(C(=O)O)CC3)cc2)c(NC(=O)OC(C)(C)C)c1)c1ccccc1. The summed E-state index contributed by atoms with van der Waals surface area (Å²) in [5.41, 5.74) is 3.22. The molecule has 228 valence electrons. The van der Waals surface area contributed by atoms with E-state index in [2.05, 4.69) is 10.6 Å². The summed E-state index contributed by atoms with van der Waals surface area (Å²) in [4.78, 5) is 38.2. The van der Waals surface area contributed by atoms with E-state index in [-0.39, 0.29) is 0 Å². The molecule has 0 saturated heterocycles. The number of carbonyl (C=O) groups is 3. The van der Waals surface area contributed by atoms with Crippen LogP contribution in [0.3, 0.4) is 0 Å². The molecule has 3 aromatic carbocycles. The van der Waals surface area contributed by atoms with Crippen molar-refractivity contribution in [3.05, 3.63) is 94.3 Å². The predicted molar refractivity (Wildman–Crippen MR) is 174 cm³/mol. The highest BCUT2D eigenvalue weighted by Gasteiger charge is 2.51. The van der Waals surface area contributed by atoms with E-state index in [9.17, 15) is 19.5 Å². The number of carboxylic acids is 1. The summed E-state index contributed by atoms with van der Waals surface area (Å²) in [5, 5.41) is 15.4. The third-order valence-electron chi connectivity index (χ3n) is 7.32. The maximum absolute atomic E-state index is 12.9. The van der Waals surface area contributed by atoms with E-state index in [1.165, 1.54) is 11.3 Å². The van der Waals surface area contributed by atoms with E-state index in [0.29, 0.717) is 44.6 Å². The molecule has 1 heterocycles. The molecule has 1 saturated carbocycles. The lowest BCUT2D eigenvalue weighted by atomic mass is 9.93. The van der Waals surface area contributed by atoms with Crippen molar-refractivity contribution in [3.63, 3.8) is 0 Å². The summed E-state index contributed by atoms with van der Waals surface area (Å²) in [6.45, 7) is 7.13. The fourth-order valence-electron chi connectivity index (χ4n) is 4.93. The van der Waals surface area contributed by atoms with Crippen molar-refractivity contribution in [2.75, 3.05) is 10.6 Å². The standard InChI is InChI=1S/C34H33ClN2O6S/c1-20(21-8-6-5-7-9-21)42-31(40)37-27-19-28(35)44-29(27)23-12-15-25(26(18-23)36-32(41)43-33(2,3)4)22-10-13-24(14-11-22)34(16-17-34)30(38)39/h5-15,18-20H,16-17H2,1-4H3,(H,36,41)(H,37,40)(H,38,39). The largest absolute Gasteiger partial charge is 0.481 e. The van der Waals surface area contributed by atoms with Crippen LogP contribution in [0, 0.1) is 0 Å². The lowest BCUT2D eigenvalue weighted by Crippen LogP contribution is -2.27. The van der Waals surface area contributed by atoms with Crippen LogP contribution in [0.5, 0.6) is 0 Å². The van der Waals surface area contributed by atoms with E-state index in [1.807, 2.05) is 66.7 Å². The van der Waals surface area contributed by atoms with Gasteiger partial charge in [0, 0.05) is 5.56 Å². The number of benzene rings is 3. The molecule has 0 spiro atoms. The molecule has 2 amide bonds. The van der Waals surface area contributed by atoms with Crippen molar-refractivity contribution in [1.29, 1.82) is 0 Å². The molecule has 4 aromatic rings. The second-order valence-corrected chi connectivity index (χ2v) is 13.4. The summed E-state index contributed by atoms with van der Waals surface area (Å²) in [7, 11) is 0. The first-order chi connectivity index (χ1) is 20.8. The maximum atomic E-state index is 12.9. The number of carboxylic acid groups (broad SMARTS) is 1. The monoisotopic (exact) mass is 632 g/mol. The Morgan fingerprint density at radius 2 is 1.52 bits per heavy atom. The Morgan fingerprint density at radius 1 is 0.886 bits per heavy atom. The van der Waals surface area contributed by atoms with Gasteiger partial charge in [-0.15, -0.1) is 11.3 Å². The van der Waals surface area contributed by atoms with Crippen LogP contribution in [0.15, 0.2) is 78.9 Å². The third-order valence-corrected chi connectivity index (χ3v) is 8.63. The van der Waals surface area contributed by atoms with Gasteiger partial charge in [0.25, 0.3) is 0 Å². The Labute approximate surface area is 265 Å². The summed E-state index contributed by atoms with van der Waals surface area (Å²) in [5.74, 6) is -0.820. The summed E-state index contributed by atoms with van der Waals surface area (Å²) < 4.78 is 11.6. The average molecular weight is 633 g/mol. The molecule has 0 radical (unpaired) electrons. The summed E-state index contributed by atoms with van der Waals surface area (Å²) in [6.07, 6.45) is -0.498. The highest BCUT2D eigenvalue weighted by molar-refractivity contribution is 7.20. The van der Waals surface area contributed by atoms with Crippen LogP contribution in [-0.4, -0.2) is 28.9 Å². The third kappa shape index (κ3) is 7.06. The minimum Gasteiger partial charge on any atom is -0.481 e. The Kier molecular flexibility index (Phi) is 8.72. The van der Waals surface area contributed by atoms with E-state index < -0.39 is 35.3 Å². The van der Waals surface area contributed by atoms with Gasteiger partial charge in [-0.2, -0.15) is 0 Å². The number of halogens is 1. The number of hydrogen-bond donors (Lipinski definition) is 3. The molecule has 0 aliphatic heterocycles. The summed E-state index contributed by atoms with van der Waals surface area (Å²) >= 11 is 7.67. The van der Waals surface area contributed by atoms with Crippen LogP contribution in [0.25, 0.3) is 21.6 Å². The number of rotatable bonds is 8. The van der Waals surface area contributed by atoms with E-state index in [1.54, 1.807) is 39.8 Å². The molecule has 1 aliphatic rings. The van der Waals surface area contributed by atoms with Crippen molar-refractivity contribution in [2.45, 2.75) is 57.7 Å². The van der Waals surface area contributed by atoms with E-state index in [4.69, 9.17) is 21.1 Å². The molecule has 0 bridgehead atoms. The molecular weight excluding hydrogens is 600 g/mol. The number of amides is 2. The van der Waals surface area contributed by atoms with Crippen LogP contribution in [0.2, 0.25) is 4.34 Å². The molecule has 1 fully saturated rings. The Hall–Kier alpha value is -4.34. The lowest BCUT2D eigenvalue weighted by molar-refractivity contribution is -0.140. The normalized spacial score (nSPS) is 14.3. The van der Waals surface area contributed by atoms with Gasteiger partial charge in [0.05, 0.1) is 26.0 Å². The molecule has 44 heavy (non-hydrogen) atoms. The number of anilines is 2. The van der Waals surface area contributed by atoms with Gasteiger partial charge in [-0.05, 0) is 74.9 Å². The quantitative estimate of drug-likeness (QED) is 0.178. The van der Waals surface area contributed by atoms with Gasteiger partial charge in [0.15, 0.2) is 0 Å². The van der Waals surface area contributed by atoms with Gasteiger partial charge >= 0.3 is 18.2 Å². The number of nitrogens with one attached hydrogen (secondary N) is 2. The van der Waals surface area contributed by atoms with E-state index >= 15 is 0 Å². The van der Waals surface area contributed by atoms with Gasteiger partial charge in [0.2, 0.25) is 0 Å². The number of aliphatic carboxylic acids is 1. The Morgan fingerprint density at radius 3 is 2.14 bits per heavy atom.